The van der Waals surface area contributed by atoms with Crippen molar-refractivity contribution in [3.63, 3.8) is 0 Å². The lowest BCUT2D eigenvalue weighted by Crippen LogP contribution is -2.14. The molecule has 0 saturated carbocycles. The average molecular weight is 267 g/mol. The SMILES string of the molecule is Cc1cc2ncc(CNCc3ccncc3C)cn2n1. The van der Waals surface area contributed by atoms with Gasteiger partial charge in [-0.25, -0.2) is 9.50 Å². The first kappa shape index (κ1) is 12.7. The Morgan fingerprint density at radius 3 is 2.95 bits per heavy atom. The summed E-state index contributed by atoms with van der Waals surface area (Å²) in [6, 6.07) is 4.01. The summed E-state index contributed by atoms with van der Waals surface area (Å²) in [5.74, 6) is 0. The standard InChI is InChI=1S/C15H17N5/c1-11-6-16-4-3-14(11)9-17-7-13-8-18-15-5-12(2)19-20(15)10-13/h3-6,8,10,17H,7,9H2,1-2H3. The first-order valence-electron chi connectivity index (χ1n) is 6.63. The van der Waals surface area contributed by atoms with Gasteiger partial charge in [-0.15, -0.1) is 0 Å². The zero-order valence-electron chi connectivity index (χ0n) is 11.7. The Morgan fingerprint density at radius 1 is 1.20 bits per heavy atom. The van der Waals surface area contributed by atoms with E-state index in [0.29, 0.717) is 0 Å². The van der Waals surface area contributed by atoms with Crippen LogP contribution in [0.15, 0.2) is 36.9 Å². The molecular formula is C15H17N5. The van der Waals surface area contributed by atoms with Crippen LogP contribution in [0, 0.1) is 13.8 Å². The summed E-state index contributed by atoms with van der Waals surface area (Å²) in [5.41, 5.74) is 5.46. The van der Waals surface area contributed by atoms with E-state index in [2.05, 4.69) is 27.3 Å². The average Bonchev–Trinajstić information content (AvgIpc) is 2.80. The molecule has 0 fully saturated rings. The van der Waals surface area contributed by atoms with Crippen LogP contribution in [0.5, 0.6) is 0 Å². The molecule has 20 heavy (non-hydrogen) atoms. The highest BCUT2D eigenvalue weighted by Gasteiger charge is 2.01. The first-order chi connectivity index (χ1) is 9.72. The van der Waals surface area contributed by atoms with Crippen molar-refractivity contribution in [3.8, 4) is 0 Å². The van der Waals surface area contributed by atoms with Crippen LogP contribution in [0.2, 0.25) is 0 Å². The Hall–Kier alpha value is -2.27. The zero-order valence-corrected chi connectivity index (χ0v) is 11.7. The minimum absolute atomic E-state index is 0.767. The number of fused-ring (bicyclic) bond motifs is 1. The molecule has 102 valence electrons. The third-order valence-electron chi connectivity index (χ3n) is 3.27. The van der Waals surface area contributed by atoms with Crippen LogP contribution in [0.25, 0.3) is 5.65 Å². The summed E-state index contributed by atoms with van der Waals surface area (Å²) in [6.45, 7) is 5.64. The molecule has 0 bridgehead atoms. The van der Waals surface area contributed by atoms with E-state index in [4.69, 9.17) is 0 Å². The van der Waals surface area contributed by atoms with E-state index in [9.17, 15) is 0 Å². The third kappa shape index (κ3) is 2.67. The Balaban J connectivity index is 1.66. The fourth-order valence-corrected chi connectivity index (χ4v) is 2.17. The number of hydrogen-bond acceptors (Lipinski definition) is 4. The normalized spacial score (nSPS) is 11.1. The Morgan fingerprint density at radius 2 is 2.10 bits per heavy atom. The van der Waals surface area contributed by atoms with Crippen molar-refractivity contribution >= 4 is 5.65 Å². The minimum atomic E-state index is 0.767. The molecule has 0 spiro atoms. The fourth-order valence-electron chi connectivity index (χ4n) is 2.17. The smallest absolute Gasteiger partial charge is 0.155 e. The van der Waals surface area contributed by atoms with E-state index in [1.54, 1.807) is 0 Å². The molecule has 1 N–H and O–H groups in total. The van der Waals surface area contributed by atoms with Gasteiger partial charge in [-0.2, -0.15) is 5.10 Å². The van der Waals surface area contributed by atoms with Crippen molar-refractivity contribution < 1.29 is 0 Å². The van der Waals surface area contributed by atoms with Crippen molar-refractivity contribution in [2.75, 3.05) is 0 Å². The van der Waals surface area contributed by atoms with E-state index in [-0.39, 0.29) is 0 Å². The maximum Gasteiger partial charge on any atom is 0.155 e. The number of hydrogen-bond donors (Lipinski definition) is 1. The van der Waals surface area contributed by atoms with Gasteiger partial charge in [0.1, 0.15) is 0 Å². The van der Waals surface area contributed by atoms with Crippen LogP contribution in [0.4, 0.5) is 0 Å². The number of nitrogens with zero attached hydrogens (tertiary/aromatic N) is 4. The summed E-state index contributed by atoms with van der Waals surface area (Å²) in [7, 11) is 0. The molecule has 0 atom stereocenters. The van der Waals surface area contributed by atoms with Gasteiger partial charge in [-0.1, -0.05) is 0 Å². The van der Waals surface area contributed by atoms with Gasteiger partial charge in [-0.05, 0) is 31.0 Å². The quantitative estimate of drug-likeness (QED) is 0.786. The molecule has 3 heterocycles. The van der Waals surface area contributed by atoms with Crippen molar-refractivity contribution in [2.24, 2.45) is 0 Å². The third-order valence-corrected chi connectivity index (χ3v) is 3.27. The number of rotatable bonds is 4. The van der Waals surface area contributed by atoms with Gasteiger partial charge in [0.25, 0.3) is 0 Å². The second kappa shape index (κ2) is 5.38. The molecule has 0 radical (unpaired) electrons. The predicted octanol–water partition coefficient (Wildman–Crippen LogP) is 2.03. The highest BCUT2D eigenvalue weighted by Crippen LogP contribution is 2.07. The van der Waals surface area contributed by atoms with Crippen molar-refractivity contribution in [2.45, 2.75) is 26.9 Å². The predicted molar refractivity (Wildman–Crippen MR) is 77.2 cm³/mol. The molecule has 0 unspecified atom stereocenters. The fraction of sp³-hybridized carbons (Fsp3) is 0.267. The molecule has 3 aromatic rings. The molecule has 0 saturated heterocycles. The van der Waals surface area contributed by atoms with E-state index in [1.165, 1.54) is 11.1 Å². The molecule has 5 nitrogen and oxygen atoms in total. The van der Waals surface area contributed by atoms with E-state index >= 15 is 0 Å². The summed E-state index contributed by atoms with van der Waals surface area (Å²) >= 11 is 0. The minimum Gasteiger partial charge on any atom is -0.308 e. The number of aryl methyl sites for hydroxylation is 2. The van der Waals surface area contributed by atoms with Crippen LogP contribution in [0.3, 0.4) is 0 Å². The first-order valence-corrected chi connectivity index (χ1v) is 6.63. The largest absolute Gasteiger partial charge is 0.308 e. The van der Waals surface area contributed by atoms with Crippen molar-refractivity contribution in [1.82, 2.24) is 24.9 Å². The lowest BCUT2D eigenvalue weighted by atomic mass is 10.1. The Kier molecular flexibility index (Phi) is 3.43. The van der Waals surface area contributed by atoms with Crippen molar-refractivity contribution in [3.05, 3.63) is 59.3 Å². The number of aromatic nitrogens is 4. The molecule has 0 aliphatic carbocycles. The van der Waals surface area contributed by atoms with Gasteiger partial charge in [0, 0.05) is 49.5 Å². The van der Waals surface area contributed by atoms with Gasteiger partial charge in [0.05, 0.1) is 5.69 Å². The molecule has 3 aromatic heterocycles. The summed E-state index contributed by atoms with van der Waals surface area (Å²) in [4.78, 5) is 8.49. The molecule has 0 aromatic carbocycles. The number of pyridine rings is 1. The van der Waals surface area contributed by atoms with Gasteiger partial charge < -0.3 is 5.32 Å². The van der Waals surface area contributed by atoms with Crippen LogP contribution in [0.1, 0.15) is 22.4 Å². The molecular weight excluding hydrogens is 250 g/mol. The van der Waals surface area contributed by atoms with Gasteiger partial charge in [0.15, 0.2) is 5.65 Å². The topological polar surface area (TPSA) is 55.1 Å². The summed E-state index contributed by atoms with van der Waals surface area (Å²) < 4.78 is 1.82. The van der Waals surface area contributed by atoms with Crippen molar-refractivity contribution in [1.29, 1.82) is 0 Å². The lowest BCUT2D eigenvalue weighted by molar-refractivity contribution is 0.682. The Bertz CT molecular complexity index is 732. The second-order valence-corrected chi connectivity index (χ2v) is 4.96. The van der Waals surface area contributed by atoms with Crippen LogP contribution in [-0.4, -0.2) is 19.6 Å². The van der Waals surface area contributed by atoms with Gasteiger partial charge >= 0.3 is 0 Å². The molecule has 0 aliphatic heterocycles. The lowest BCUT2D eigenvalue weighted by Gasteiger charge is -2.07. The maximum absolute atomic E-state index is 4.40. The highest BCUT2D eigenvalue weighted by molar-refractivity contribution is 5.38. The van der Waals surface area contributed by atoms with E-state index in [0.717, 1.165) is 30.0 Å². The monoisotopic (exact) mass is 267 g/mol. The van der Waals surface area contributed by atoms with Gasteiger partial charge in [-0.3, -0.25) is 4.98 Å². The van der Waals surface area contributed by atoms with E-state index < -0.39 is 0 Å². The Labute approximate surface area is 117 Å². The van der Waals surface area contributed by atoms with Crippen LogP contribution >= 0.6 is 0 Å². The summed E-state index contributed by atoms with van der Waals surface area (Å²) in [5, 5.41) is 7.79. The molecule has 3 rings (SSSR count). The molecule has 0 aliphatic rings. The van der Waals surface area contributed by atoms with Gasteiger partial charge in [0.2, 0.25) is 0 Å². The molecule has 5 heteroatoms. The highest BCUT2D eigenvalue weighted by atomic mass is 15.2. The molecule has 0 amide bonds. The van der Waals surface area contributed by atoms with E-state index in [1.807, 2.05) is 48.4 Å². The summed E-state index contributed by atoms with van der Waals surface area (Å²) in [6.07, 6.45) is 7.62. The second-order valence-electron chi connectivity index (χ2n) is 4.96. The maximum atomic E-state index is 4.40. The van der Waals surface area contributed by atoms with Crippen LogP contribution < -0.4 is 5.32 Å². The zero-order chi connectivity index (χ0) is 13.9. The van der Waals surface area contributed by atoms with Crippen LogP contribution in [-0.2, 0) is 13.1 Å². The number of nitrogens with one attached hydrogen (secondary N) is 1.